The minimum absolute atomic E-state index is 0.332. The molecule has 0 aliphatic heterocycles. The second-order valence-corrected chi connectivity index (χ2v) is 2.95. The number of rotatable bonds is 3. The predicted molar refractivity (Wildman–Crippen MR) is 56.4 cm³/mol. The molecule has 76 valence electrons. The summed E-state index contributed by atoms with van der Waals surface area (Å²) in [5.41, 5.74) is 6.52. The number of hydrogen-bond acceptors (Lipinski definition) is 4. The lowest BCUT2D eigenvalue weighted by Crippen LogP contribution is -2.00. The molecule has 0 saturated carbocycles. The molecule has 2 aromatic rings. The predicted octanol–water partition coefficient (Wildman–Crippen LogP) is 1.73. The van der Waals surface area contributed by atoms with Crippen molar-refractivity contribution in [3.8, 4) is 11.8 Å². The van der Waals surface area contributed by atoms with Crippen molar-refractivity contribution in [3.63, 3.8) is 0 Å². The molecule has 1 heterocycles. The average molecular weight is 201 g/mol. The van der Waals surface area contributed by atoms with Crippen molar-refractivity contribution in [2.24, 2.45) is 5.73 Å². The van der Waals surface area contributed by atoms with Crippen LogP contribution in [0.1, 0.15) is 5.56 Å². The number of hydrogen-bond donors (Lipinski definition) is 1. The SMILES string of the molecule is NCc1ccccc1Oc1ncccn1. The topological polar surface area (TPSA) is 61.0 Å². The lowest BCUT2D eigenvalue weighted by molar-refractivity contribution is 0.436. The summed E-state index contributed by atoms with van der Waals surface area (Å²) in [6.07, 6.45) is 3.26. The van der Waals surface area contributed by atoms with Gasteiger partial charge in [0.1, 0.15) is 5.75 Å². The van der Waals surface area contributed by atoms with E-state index in [4.69, 9.17) is 10.5 Å². The van der Waals surface area contributed by atoms with E-state index in [9.17, 15) is 0 Å². The Kier molecular flexibility index (Phi) is 2.90. The van der Waals surface area contributed by atoms with Gasteiger partial charge in [-0.1, -0.05) is 18.2 Å². The van der Waals surface area contributed by atoms with Crippen LogP contribution in [0.4, 0.5) is 0 Å². The van der Waals surface area contributed by atoms with Gasteiger partial charge in [-0.3, -0.25) is 0 Å². The van der Waals surface area contributed by atoms with Gasteiger partial charge in [-0.05, 0) is 12.1 Å². The third-order valence-corrected chi connectivity index (χ3v) is 1.94. The Morgan fingerprint density at radius 2 is 1.80 bits per heavy atom. The molecule has 4 nitrogen and oxygen atoms in total. The lowest BCUT2D eigenvalue weighted by atomic mass is 10.2. The van der Waals surface area contributed by atoms with E-state index in [1.165, 1.54) is 0 Å². The van der Waals surface area contributed by atoms with Crippen LogP contribution in [0, 0.1) is 0 Å². The van der Waals surface area contributed by atoms with Crippen LogP contribution < -0.4 is 10.5 Å². The Labute approximate surface area is 87.7 Å². The number of aromatic nitrogens is 2. The summed E-state index contributed by atoms with van der Waals surface area (Å²) in [6, 6.07) is 9.63. The molecule has 0 radical (unpaired) electrons. The smallest absolute Gasteiger partial charge is 0.321 e. The van der Waals surface area contributed by atoms with Crippen molar-refractivity contribution in [3.05, 3.63) is 48.3 Å². The molecule has 4 heteroatoms. The molecule has 1 aromatic carbocycles. The Morgan fingerprint density at radius 3 is 2.53 bits per heavy atom. The maximum absolute atomic E-state index is 5.58. The van der Waals surface area contributed by atoms with Gasteiger partial charge < -0.3 is 10.5 Å². The quantitative estimate of drug-likeness (QED) is 0.821. The molecular weight excluding hydrogens is 190 g/mol. The molecule has 0 aliphatic carbocycles. The third-order valence-electron chi connectivity index (χ3n) is 1.94. The van der Waals surface area contributed by atoms with E-state index in [1.807, 2.05) is 24.3 Å². The third kappa shape index (κ3) is 2.30. The van der Waals surface area contributed by atoms with Crippen molar-refractivity contribution < 1.29 is 4.74 Å². The zero-order valence-corrected chi connectivity index (χ0v) is 8.13. The summed E-state index contributed by atoms with van der Waals surface area (Å²) in [7, 11) is 0. The zero-order valence-electron chi connectivity index (χ0n) is 8.13. The van der Waals surface area contributed by atoms with E-state index in [0.717, 1.165) is 5.56 Å². The highest BCUT2D eigenvalue weighted by atomic mass is 16.5. The summed E-state index contributed by atoms with van der Waals surface area (Å²) in [4.78, 5) is 7.95. The second-order valence-electron chi connectivity index (χ2n) is 2.95. The van der Waals surface area contributed by atoms with Crippen molar-refractivity contribution in [2.45, 2.75) is 6.54 Å². The summed E-state index contributed by atoms with van der Waals surface area (Å²) >= 11 is 0. The van der Waals surface area contributed by atoms with Crippen LogP contribution in [-0.2, 0) is 6.54 Å². The molecule has 0 fully saturated rings. The van der Waals surface area contributed by atoms with Gasteiger partial charge in [-0.15, -0.1) is 0 Å². The van der Waals surface area contributed by atoms with Gasteiger partial charge in [-0.2, -0.15) is 0 Å². The van der Waals surface area contributed by atoms with E-state index in [1.54, 1.807) is 18.5 Å². The molecular formula is C11H11N3O. The zero-order chi connectivity index (χ0) is 10.5. The van der Waals surface area contributed by atoms with Gasteiger partial charge in [0.15, 0.2) is 0 Å². The molecule has 2 N–H and O–H groups in total. The van der Waals surface area contributed by atoms with Crippen LogP contribution in [0.15, 0.2) is 42.7 Å². The second kappa shape index (κ2) is 4.52. The molecule has 1 aromatic heterocycles. The standard InChI is InChI=1S/C11H11N3O/c12-8-9-4-1-2-5-10(9)15-11-13-6-3-7-14-11/h1-7H,8,12H2. The van der Waals surface area contributed by atoms with E-state index in [2.05, 4.69) is 9.97 Å². The molecule has 0 aliphatic rings. The van der Waals surface area contributed by atoms with Gasteiger partial charge in [0.2, 0.25) is 0 Å². The maximum atomic E-state index is 5.58. The van der Waals surface area contributed by atoms with Crippen molar-refractivity contribution in [2.75, 3.05) is 0 Å². The van der Waals surface area contributed by atoms with E-state index >= 15 is 0 Å². The van der Waals surface area contributed by atoms with Gasteiger partial charge in [-0.25, -0.2) is 9.97 Å². The minimum Gasteiger partial charge on any atom is -0.424 e. The molecule has 0 bridgehead atoms. The monoisotopic (exact) mass is 201 g/mol. The molecule has 0 atom stereocenters. The van der Waals surface area contributed by atoms with Gasteiger partial charge in [0.25, 0.3) is 0 Å². The van der Waals surface area contributed by atoms with E-state index < -0.39 is 0 Å². The number of benzene rings is 1. The number of nitrogens with two attached hydrogens (primary N) is 1. The Bertz CT molecular complexity index is 431. The normalized spacial score (nSPS) is 9.93. The first-order valence-electron chi connectivity index (χ1n) is 4.63. The van der Waals surface area contributed by atoms with Crippen molar-refractivity contribution >= 4 is 0 Å². The molecule has 0 saturated heterocycles. The Hall–Kier alpha value is -1.94. The minimum atomic E-state index is 0.332. The highest BCUT2D eigenvalue weighted by molar-refractivity contribution is 5.34. The van der Waals surface area contributed by atoms with Crippen LogP contribution in [0.25, 0.3) is 0 Å². The summed E-state index contributed by atoms with van der Waals surface area (Å²) < 4.78 is 5.50. The molecule has 0 unspecified atom stereocenters. The first kappa shape index (κ1) is 9.61. The summed E-state index contributed by atoms with van der Waals surface area (Å²) in [5.74, 6) is 0.700. The Balaban J connectivity index is 2.24. The fourth-order valence-corrected chi connectivity index (χ4v) is 1.21. The Morgan fingerprint density at radius 1 is 1.07 bits per heavy atom. The highest BCUT2D eigenvalue weighted by Gasteiger charge is 2.03. The molecule has 15 heavy (non-hydrogen) atoms. The van der Waals surface area contributed by atoms with Gasteiger partial charge >= 0.3 is 6.01 Å². The number of para-hydroxylation sites is 1. The van der Waals surface area contributed by atoms with Crippen LogP contribution in [0.2, 0.25) is 0 Å². The van der Waals surface area contributed by atoms with E-state index in [-0.39, 0.29) is 0 Å². The number of nitrogens with zero attached hydrogens (tertiary/aromatic N) is 2. The van der Waals surface area contributed by atoms with E-state index in [0.29, 0.717) is 18.3 Å². The summed E-state index contributed by atoms with van der Waals surface area (Å²) in [5, 5.41) is 0. The van der Waals surface area contributed by atoms with Gasteiger partial charge in [0.05, 0.1) is 0 Å². The van der Waals surface area contributed by atoms with Crippen molar-refractivity contribution in [1.29, 1.82) is 0 Å². The molecule has 0 spiro atoms. The first-order chi connectivity index (χ1) is 7.40. The van der Waals surface area contributed by atoms with Crippen LogP contribution in [0.5, 0.6) is 11.8 Å². The first-order valence-corrected chi connectivity index (χ1v) is 4.63. The number of ether oxygens (including phenoxy) is 1. The fourth-order valence-electron chi connectivity index (χ4n) is 1.21. The lowest BCUT2D eigenvalue weighted by Gasteiger charge is -2.07. The maximum Gasteiger partial charge on any atom is 0.321 e. The molecule has 2 rings (SSSR count). The van der Waals surface area contributed by atoms with Crippen LogP contribution in [0.3, 0.4) is 0 Å². The largest absolute Gasteiger partial charge is 0.424 e. The fraction of sp³-hybridized carbons (Fsp3) is 0.0909. The van der Waals surface area contributed by atoms with Crippen LogP contribution >= 0.6 is 0 Å². The van der Waals surface area contributed by atoms with Gasteiger partial charge in [0, 0.05) is 24.5 Å². The summed E-state index contributed by atoms with van der Waals surface area (Å²) in [6.45, 7) is 0.434. The van der Waals surface area contributed by atoms with Crippen LogP contribution in [-0.4, -0.2) is 9.97 Å². The highest BCUT2D eigenvalue weighted by Crippen LogP contribution is 2.21. The van der Waals surface area contributed by atoms with Crippen molar-refractivity contribution in [1.82, 2.24) is 9.97 Å². The average Bonchev–Trinajstić information content (AvgIpc) is 2.31. The molecule has 0 amide bonds.